The lowest BCUT2D eigenvalue weighted by atomic mass is 10.2. The fourth-order valence-corrected chi connectivity index (χ4v) is 10.1. The summed E-state index contributed by atoms with van der Waals surface area (Å²) in [6.07, 6.45) is 2.91. The maximum Gasteiger partial charge on any atom is 0.519 e. The Hall–Kier alpha value is -7.02. The summed E-state index contributed by atoms with van der Waals surface area (Å²) in [5, 5.41) is 55.1. The van der Waals surface area contributed by atoms with E-state index in [1.165, 1.54) is 62.3 Å². The number of nitrogens with zero attached hydrogens (tertiary/aromatic N) is 5. The van der Waals surface area contributed by atoms with Gasteiger partial charge in [-0.05, 0) is 127 Å². The van der Waals surface area contributed by atoms with Gasteiger partial charge in [0.25, 0.3) is 0 Å². The molecule has 7 aliphatic rings. The second-order valence-electron chi connectivity index (χ2n) is 27.7. The molecule has 9 N–H and O–H groups in total. The fraction of sp³-hybridized carbons (Fsp3) is 0.758. The molecule has 0 spiro atoms. The van der Waals surface area contributed by atoms with Crippen LogP contribution in [0.3, 0.4) is 0 Å². The first-order chi connectivity index (χ1) is 46.0. The molecule has 0 unspecified atom stereocenters. The lowest BCUT2D eigenvalue weighted by molar-refractivity contribution is -0.146. The van der Waals surface area contributed by atoms with Crippen LogP contribution in [0.15, 0.2) is 6.07 Å². The number of carbonyl (C=O) groups excluding carboxylic acids is 8. The van der Waals surface area contributed by atoms with Gasteiger partial charge in [-0.2, -0.15) is 5.10 Å². The van der Waals surface area contributed by atoms with Crippen LogP contribution in [0.1, 0.15) is 172 Å². The molecule has 0 bridgehead atoms. The third-order valence-corrected chi connectivity index (χ3v) is 14.9. The number of carboxylic acids is 1. The predicted octanol–water partition coefficient (Wildman–Crippen LogP) is 6.46. The molecular weight excluding hydrogens is 1390 g/mol. The number of hydrogen-bond acceptors (Lipinski definition) is 30. The Bertz CT molecular complexity index is 2950. The quantitative estimate of drug-likeness (QED) is 0.0533. The van der Waals surface area contributed by atoms with E-state index in [1.54, 1.807) is 97.3 Å². The Morgan fingerprint density at radius 3 is 1.39 bits per heavy atom. The van der Waals surface area contributed by atoms with E-state index < -0.39 is 101 Å². The molecule has 34 nitrogen and oxygen atoms in total. The number of anilines is 2. The van der Waals surface area contributed by atoms with Crippen molar-refractivity contribution in [3.63, 3.8) is 0 Å². The number of aromatic amines is 1. The first kappa shape index (κ1) is 95.0. The number of likely N-dealkylation sites (tertiary alicyclic amines) is 2. The Morgan fingerprint density at radius 1 is 0.549 bits per heavy atom. The van der Waals surface area contributed by atoms with Crippen molar-refractivity contribution in [1.82, 2.24) is 45.9 Å². The van der Waals surface area contributed by atoms with E-state index >= 15 is 0 Å². The summed E-state index contributed by atoms with van der Waals surface area (Å²) in [4.78, 5) is 112. The topological polar surface area (TPSA) is 445 Å². The molecular formula is C66H114Cl2N10O24. The van der Waals surface area contributed by atoms with E-state index in [9.17, 15) is 48.3 Å². The van der Waals surface area contributed by atoms with Gasteiger partial charge in [0, 0.05) is 89.2 Å². The van der Waals surface area contributed by atoms with E-state index in [4.69, 9.17) is 60.1 Å². The van der Waals surface area contributed by atoms with Gasteiger partial charge < -0.3 is 93.8 Å². The predicted molar refractivity (Wildman–Crippen MR) is 374 cm³/mol. The monoisotopic (exact) mass is 1500 g/mol. The van der Waals surface area contributed by atoms with E-state index in [0.717, 1.165) is 43.1 Å². The van der Waals surface area contributed by atoms with Crippen LogP contribution in [0.25, 0.3) is 0 Å². The molecule has 2 amide bonds. The average molecular weight is 1500 g/mol. The number of carbonyl (C=O) groups is 9. The number of nitrogens with one attached hydrogen (secondary N) is 5. The highest BCUT2D eigenvalue weighted by Gasteiger charge is 2.44. The van der Waals surface area contributed by atoms with Crippen LogP contribution in [0.4, 0.5) is 30.8 Å². The third-order valence-electron chi connectivity index (χ3n) is 14.7. The number of H-pyrrole nitrogens is 1. The van der Waals surface area contributed by atoms with Crippen LogP contribution in [0, 0.1) is 0 Å². The third kappa shape index (κ3) is 35.0. The van der Waals surface area contributed by atoms with Gasteiger partial charge in [0.1, 0.15) is 58.4 Å². The van der Waals surface area contributed by atoms with E-state index in [-0.39, 0.29) is 76.5 Å². The number of aromatic nitrogens is 4. The maximum atomic E-state index is 12.0. The average Bonchev–Trinajstić information content (AvgIpc) is 1.64. The van der Waals surface area contributed by atoms with Crippen molar-refractivity contribution in [2.45, 2.75) is 251 Å². The van der Waals surface area contributed by atoms with Gasteiger partial charge in [-0.1, -0.05) is 14.9 Å². The highest BCUT2D eigenvalue weighted by Crippen LogP contribution is 2.40. The summed E-state index contributed by atoms with van der Waals surface area (Å²) in [6.45, 7) is 22.6. The van der Waals surface area contributed by atoms with Crippen LogP contribution in [0.2, 0.25) is 5.28 Å². The molecule has 36 heteroatoms. The number of β-amino-alcohol motifs (C(OH)–C–C–N with tert-alkyl or cyclic N) is 3. The number of fused-ring (bicyclic) bond motifs is 1. The number of esters is 4. The SMILES string of the molecule is C.C.CC(C)(C)OC(=O)OC(=O)OC(C)(C)C.COC(=O)[C@@H]1C[C@@H](O)CN1.COC(=O)[C@@H]1C[C@@H](O)CN1C(=O)OC(C)(C)C.COC(=O)[C@@H]1C[C@@H](OC)CN1.COC(=O)[C@@H]1C[C@@H](OC)CN1C(=O)OC(C)(C)C.Cl.Clc1nc2c(c(Nc3cc(C4CC4)[nH]n3)n1)CCC2.O=C(O)[C@@H]1C[C@@H](O)CN1. The highest BCUT2D eigenvalue weighted by atomic mass is 35.5. The van der Waals surface area contributed by atoms with Gasteiger partial charge in [-0.25, -0.2) is 38.7 Å². The number of hydrogen-bond donors (Lipinski definition) is 9. The molecule has 586 valence electrons. The summed E-state index contributed by atoms with van der Waals surface area (Å²) < 4.78 is 52.8. The lowest BCUT2D eigenvalue weighted by Gasteiger charge is -2.27. The van der Waals surface area contributed by atoms with Crippen LogP contribution in [0.5, 0.6) is 0 Å². The Kier molecular flexibility index (Phi) is 40.9. The van der Waals surface area contributed by atoms with Gasteiger partial charge in [-0.15, -0.1) is 12.4 Å². The molecule has 2 aromatic heterocycles. The molecule has 102 heavy (non-hydrogen) atoms. The molecule has 2 aromatic rings. The molecule has 10 atom stereocenters. The van der Waals surface area contributed by atoms with Crippen LogP contribution in [-0.4, -0.2) is 263 Å². The van der Waals surface area contributed by atoms with E-state index in [1.807, 2.05) is 0 Å². The molecule has 5 aliphatic heterocycles. The van der Waals surface area contributed by atoms with Crippen molar-refractivity contribution in [3.05, 3.63) is 28.3 Å². The van der Waals surface area contributed by atoms with Crippen molar-refractivity contribution in [3.8, 4) is 0 Å². The minimum atomic E-state index is -1.06. The largest absolute Gasteiger partial charge is 0.519 e. The smallest absolute Gasteiger partial charge is 0.480 e. The number of aliphatic hydroxyl groups is 3. The second-order valence-corrected chi connectivity index (χ2v) is 28.1. The minimum absolute atomic E-state index is 0. The van der Waals surface area contributed by atoms with Crippen molar-refractivity contribution < 1.29 is 116 Å². The Balaban J connectivity index is 0.00000118. The van der Waals surface area contributed by atoms with Crippen LogP contribution in [-0.2, 0) is 88.9 Å². The van der Waals surface area contributed by atoms with Gasteiger partial charge in [0.05, 0.1) is 77.7 Å². The van der Waals surface area contributed by atoms with Crippen molar-refractivity contribution in [2.75, 3.05) is 80.7 Å². The first-order valence-corrected chi connectivity index (χ1v) is 32.8. The summed E-state index contributed by atoms with van der Waals surface area (Å²) in [6, 6.07) is -0.348. The Morgan fingerprint density at radius 2 is 0.990 bits per heavy atom. The number of methoxy groups -OCH3 is 6. The zero-order chi connectivity index (χ0) is 74.9. The number of rotatable bonds is 10. The molecule has 6 fully saturated rings. The fourth-order valence-electron chi connectivity index (χ4n) is 9.94. The summed E-state index contributed by atoms with van der Waals surface area (Å²) >= 11 is 5.97. The number of aliphatic carboxylic acids is 1. The number of halogens is 2. The molecule has 5 saturated heterocycles. The van der Waals surface area contributed by atoms with Gasteiger partial charge >= 0.3 is 54.3 Å². The molecule has 0 aromatic carbocycles. The van der Waals surface area contributed by atoms with Gasteiger partial charge in [0.2, 0.25) is 5.28 Å². The number of aliphatic hydroxyl groups excluding tert-OH is 3. The summed E-state index contributed by atoms with van der Waals surface area (Å²) in [5.74, 6) is -0.0738. The normalized spacial score (nSPS) is 22.8. The highest BCUT2D eigenvalue weighted by molar-refractivity contribution is 6.28. The zero-order valence-corrected chi connectivity index (χ0v) is 62.1. The van der Waals surface area contributed by atoms with E-state index in [0.29, 0.717) is 56.5 Å². The van der Waals surface area contributed by atoms with Crippen LogP contribution < -0.4 is 21.3 Å². The number of carboxylic acid groups (broad SMARTS) is 1. The van der Waals surface area contributed by atoms with Gasteiger partial charge in [0.15, 0.2) is 5.82 Å². The second kappa shape index (κ2) is 43.9. The van der Waals surface area contributed by atoms with Crippen molar-refractivity contribution in [2.24, 2.45) is 0 Å². The van der Waals surface area contributed by atoms with Crippen LogP contribution >= 0.6 is 24.0 Å². The summed E-state index contributed by atoms with van der Waals surface area (Å²) in [5.41, 5.74) is 0.840. The Labute approximate surface area is 609 Å². The van der Waals surface area contributed by atoms with Crippen molar-refractivity contribution >= 4 is 90.0 Å². The molecule has 0 radical (unpaired) electrons. The lowest BCUT2D eigenvalue weighted by Crippen LogP contribution is -2.44. The van der Waals surface area contributed by atoms with E-state index in [2.05, 4.69) is 66.4 Å². The maximum absolute atomic E-state index is 12.0. The number of aryl methyl sites for hydroxylation is 1. The number of amides is 2. The molecule has 2 aliphatic carbocycles. The standard InChI is InChI=1S/C13H14ClN5.C12H21NO5.C11H19NO5.C10H18O5.C7H13NO3.C6H11NO3.C5H9NO3.2CH4.ClH/c14-13-15-9-3-1-2-8(9)12(17-13)16-11-6-10(18-19-11)7-4-5-7;1-12(2,3)18-11(15)13-7-8(16-4)6-9(13)10(14)17-5;1-11(2,3)17-10(15)12-6-7(13)5-8(12)9(14)16-4;1-9(2,3)14-7(11)13-8(12)15-10(4,5)6;1-10-5-3-6(8-4-5)7(9)11-2;1-10-6(9)5-2-4(8)3-7-5;7-3-1-4(5(8)9)6-2-3;;;/h6-7H,1-5H2,(H2,15,16,17,18,19);8-9H,6-7H2,1-5H3;7-8,13H,5-6H2,1-4H3;1-6H3;5-6,8H,3-4H2,1-2H3;4-5,7-8H,2-3H2,1H3;3-4,6-7H,1-2H2,(H,8,9);2*1H4;1H/t;8-,9+;7-,8+;;5-,6+;4-,5+;3-,4+;;;/m.11.111.../s1. The summed E-state index contributed by atoms with van der Waals surface area (Å²) in [7, 11) is 8.48. The first-order valence-electron chi connectivity index (χ1n) is 32.4. The zero-order valence-electron chi connectivity index (χ0n) is 60.5. The molecule has 1 saturated carbocycles. The molecule has 9 rings (SSSR count). The van der Waals surface area contributed by atoms with Crippen molar-refractivity contribution in [1.29, 1.82) is 0 Å². The van der Waals surface area contributed by atoms with Gasteiger partial charge in [-0.3, -0.25) is 29.3 Å². The minimum Gasteiger partial charge on any atom is -0.480 e. The molecule has 7 heterocycles. The number of ether oxygens (including phenoxy) is 11.